The largest absolute Gasteiger partial charge is 0.384 e. The van der Waals surface area contributed by atoms with Crippen LogP contribution in [0.1, 0.15) is 37.5 Å². The molecule has 126 valence electrons. The average molecular weight is 320 g/mol. The van der Waals surface area contributed by atoms with Gasteiger partial charge in [0.15, 0.2) is 0 Å². The van der Waals surface area contributed by atoms with E-state index in [4.69, 9.17) is 0 Å². The molecular weight excluding hydrogens is 292 g/mol. The summed E-state index contributed by atoms with van der Waals surface area (Å²) in [5.41, 5.74) is 7.51. The Kier molecular flexibility index (Phi) is 6.68. The molecule has 2 nitrogen and oxygen atoms in total. The predicted molar refractivity (Wildman–Crippen MR) is 105 cm³/mol. The fourth-order valence-electron chi connectivity index (χ4n) is 2.24. The van der Waals surface area contributed by atoms with E-state index in [0.717, 1.165) is 18.8 Å². The minimum atomic E-state index is 0.844. The normalized spacial score (nSPS) is 11.1. The minimum absolute atomic E-state index is 0.844. The molecular formula is C22H28N2. The monoisotopic (exact) mass is 320 g/mol. The van der Waals surface area contributed by atoms with Crippen molar-refractivity contribution >= 4 is 5.69 Å². The van der Waals surface area contributed by atoms with E-state index < -0.39 is 0 Å². The first-order chi connectivity index (χ1) is 11.5. The summed E-state index contributed by atoms with van der Waals surface area (Å²) >= 11 is 0. The highest BCUT2D eigenvalue weighted by atomic mass is 14.9. The average Bonchev–Trinajstić information content (AvgIpc) is 2.58. The summed E-state index contributed by atoms with van der Waals surface area (Å²) in [5, 5.41) is 6.89. The Hall–Kier alpha value is -2.48. The van der Waals surface area contributed by atoms with E-state index in [1.54, 1.807) is 0 Å². The number of allylic oxidation sites excluding steroid dienone is 4. The Morgan fingerprint density at radius 1 is 0.792 bits per heavy atom. The highest BCUT2D eigenvalue weighted by Gasteiger charge is 1.97. The van der Waals surface area contributed by atoms with E-state index in [1.807, 2.05) is 0 Å². The maximum absolute atomic E-state index is 3.45. The lowest BCUT2D eigenvalue weighted by Crippen LogP contribution is -2.10. The standard InChI is InChI=1S/C22H28N2/c1-17(2)5-8-19(4)23-15-20-9-11-21(12-10-20)16-24-22-13-6-18(3)7-14-22/h5-14,23-24H,15-16H2,1-4H3/b19-8+. The molecule has 2 aromatic rings. The molecule has 0 aliphatic heterocycles. The third-order valence-corrected chi connectivity index (χ3v) is 3.81. The van der Waals surface area contributed by atoms with E-state index >= 15 is 0 Å². The number of nitrogens with one attached hydrogen (secondary N) is 2. The van der Waals surface area contributed by atoms with Gasteiger partial charge < -0.3 is 10.6 Å². The van der Waals surface area contributed by atoms with Crippen molar-refractivity contribution in [2.75, 3.05) is 5.32 Å². The molecule has 0 aliphatic rings. The van der Waals surface area contributed by atoms with Crippen LogP contribution in [0.15, 0.2) is 72.0 Å². The quantitative estimate of drug-likeness (QED) is 0.652. The summed E-state index contributed by atoms with van der Waals surface area (Å²) in [5.74, 6) is 0. The van der Waals surface area contributed by atoms with Crippen LogP contribution in [-0.4, -0.2) is 0 Å². The smallest absolute Gasteiger partial charge is 0.0400 e. The first-order valence-corrected chi connectivity index (χ1v) is 8.47. The van der Waals surface area contributed by atoms with Gasteiger partial charge in [-0.2, -0.15) is 0 Å². The third-order valence-electron chi connectivity index (χ3n) is 3.81. The molecule has 0 aromatic heterocycles. The zero-order valence-corrected chi connectivity index (χ0v) is 15.2. The molecule has 0 spiro atoms. The second-order valence-corrected chi connectivity index (χ2v) is 6.48. The molecule has 0 heterocycles. The van der Waals surface area contributed by atoms with Crippen molar-refractivity contribution < 1.29 is 0 Å². The fraction of sp³-hybridized carbons (Fsp3) is 0.273. The van der Waals surface area contributed by atoms with E-state index in [-0.39, 0.29) is 0 Å². The Morgan fingerprint density at radius 2 is 1.38 bits per heavy atom. The van der Waals surface area contributed by atoms with Gasteiger partial charge in [0.1, 0.15) is 0 Å². The highest BCUT2D eigenvalue weighted by Crippen LogP contribution is 2.11. The van der Waals surface area contributed by atoms with Gasteiger partial charge in [-0.3, -0.25) is 0 Å². The zero-order chi connectivity index (χ0) is 17.4. The van der Waals surface area contributed by atoms with Gasteiger partial charge in [0.05, 0.1) is 0 Å². The van der Waals surface area contributed by atoms with Crippen LogP contribution >= 0.6 is 0 Å². The molecule has 0 atom stereocenters. The molecule has 2 rings (SSSR count). The summed E-state index contributed by atoms with van der Waals surface area (Å²) in [7, 11) is 0. The van der Waals surface area contributed by atoms with E-state index in [0.29, 0.717) is 0 Å². The Morgan fingerprint density at radius 3 is 1.96 bits per heavy atom. The molecule has 0 radical (unpaired) electrons. The fourth-order valence-corrected chi connectivity index (χ4v) is 2.24. The lowest BCUT2D eigenvalue weighted by Gasteiger charge is -2.09. The van der Waals surface area contributed by atoms with Crippen molar-refractivity contribution in [3.05, 3.63) is 88.6 Å². The van der Waals surface area contributed by atoms with E-state index in [9.17, 15) is 0 Å². The molecule has 2 N–H and O–H groups in total. The van der Waals surface area contributed by atoms with Crippen molar-refractivity contribution in [1.29, 1.82) is 0 Å². The SMILES string of the molecule is CC(C)=C/C=C(\C)NCc1ccc(CNc2ccc(C)cc2)cc1. The molecule has 0 bridgehead atoms. The van der Waals surface area contributed by atoms with Crippen LogP contribution in [0.4, 0.5) is 5.69 Å². The molecule has 2 heteroatoms. The second-order valence-electron chi connectivity index (χ2n) is 6.48. The molecule has 0 amide bonds. The highest BCUT2D eigenvalue weighted by molar-refractivity contribution is 5.45. The number of rotatable bonds is 7. The van der Waals surface area contributed by atoms with Crippen LogP contribution in [-0.2, 0) is 13.1 Å². The number of hydrogen-bond acceptors (Lipinski definition) is 2. The Balaban J connectivity index is 1.83. The molecule has 0 fully saturated rings. The van der Waals surface area contributed by atoms with Crippen LogP contribution in [0, 0.1) is 6.92 Å². The predicted octanol–water partition coefficient (Wildman–Crippen LogP) is 5.57. The molecule has 2 aromatic carbocycles. The van der Waals surface area contributed by atoms with Crippen molar-refractivity contribution in [3.8, 4) is 0 Å². The summed E-state index contributed by atoms with van der Waals surface area (Å²) in [6.07, 6.45) is 4.25. The van der Waals surface area contributed by atoms with Crippen molar-refractivity contribution in [1.82, 2.24) is 5.32 Å². The van der Waals surface area contributed by atoms with Gasteiger partial charge in [-0.05, 0) is 57.0 Å². The van der Waals surface area contributed by atoms with Crippen molar-refractivity contribution in [2.24, 2.45) is 0 Å². The summed E-state index contributed by atoms with van der Waals surface area (Å²) in [4.78, 5) is 0. The van der Waals surface area contributed by atoms with E-state index in [2.05, 4.69) is 99.0 Å². The maximum Gasteiger partial charge on any atom is 0.0400 e. The van der Waals surface area contributed by atoms with E-state index in [1.165, 1.54) is 28.0 Å². The Labute approximate surface area is 146 Å². The van der Waals surface area contributed by atoms with Gasteiger partial charge in [0.25, 0.3) is 0 Å². The molecule has 0 saturated carbocycles. The van der Waals surface area contributed by atoms with Crippen molar-refractivity contribution in [3.63, 3.8) is 0 Å². The van der Waals surface area contributed by atoms with Gasteiger partial charge in [-0.1, -0.05) is 53.6 Å². The molecule has 0 unspecified atom stereocenters. The molecule has 0 saturated heterocycles. The third kappa shape index (κ3) is 6.33. The summed E-state index contributed by atoms with van der Waals surface area (Å²) < 4.78 is 0. The van der Waals surface area contributed by atoms with Crippen LogP contribution in [0.5, 0.6) is 0 Å². The summed E-state index contributed by atoms with van der Waals surface area (Å²) in [6, 6.07) is 17.2. The van der Waals surface area contributed by atoms with Gasteiger partial charge >= 0.3 is 0 Å². The van der Waals surface area contributed by atoms with Crippen LogP contribution in [0.2, 0.25) is 0 Å². The molecule has 0 aliphatic carbocycles. The van der Waals surface area contributed by atoms with Gasteiger partial charge in [0, 0.05) is 24.5 Å². The molecule has 24 heavy (non-hydrogen) atoms. The lowest BCUT2D eigenvalue weighted by molar-refractivity contribution is 0.811. The number of aryl methyl sites for hydroxylation is 1. The number of hydrogen-bond donors (Lipinski definition) is 2. The van der Waals surface area contributed by atoms with Crippen LogP contribution in [0.25, 0.3) is 0 Å². The first-order valence-electron chi connectivity index (χ1n) is 8.47. The Bertz CT molecular complexity index is 688. The van der Waals surface area contributed by atoms with Crippen LogP contribution in [0.3, 0.4) is 0 Å². The van der Waals surface area contributed by atoms with Crippen LogP contribution < -0.4 is 10.6 Å². The lowest BCUT2D eigenvalue weighted by atomic mass is 10.1. The number of benzene rings is 2. The second kappa shape index (κ2) is 8.97. The van der Waals surface area contributed by atoms with Gasteiger partial charge in [-0.15, -0.1) is 0 Å². The van der Waals surface area contributed by atoms with Gasteiger partial charge in [-0.25, -0.2) is 0 Å². The zero-order valence-electron chi connectivity index (χ0n) is 15.2. The van der Waals surface area contributed by atoms with Gasteiger partial charge in [0.2, 0.25) is 0 Å². The topological polar surface area (TPSA) is 24.1 Å². The maximum atomic E-state index is 3.45. The van der Waals surface area contributed by atoms with Crippen molar-refractivity contribution in [2.45, 2.75) is 40.8 Å². The minimum Gasteiger partial charge on any atom is -0.384 e. The first kappa shape index (κ1) is 17.9. The summed E-state index contributed by atoms with van der Waals surface area (Å²) in [6.45, 7) is 10.1. The number of anilines is 1.